The molecule has 1 saturated carbocycles. The van der Waals surface area contributed by atoms with Crippen LogP contribution in [-0.4, -0.2) is 42.8 Å². The Morgan fingerprint density at radius 1 is 1.16 bits per heavy atom. The molecule has 0 aromatic rings. The molecule has 2 saturated heterocycles. The Morgan fingerprint density at radius 3 is 2.68 bits per heavy atom. The van der Waals surface area contributed by atoms with Crippen molar-refractivity contribution in [3.05, 3.63) is 0 Å². The van der Waals surface area contributed by atoms with E-state index in [9.17, 15) is 0 Å². The Kier molecular flexibility index (Phi) is 4.16. The predicted octanol–water partition coefficient (Wildman–Crippen LogP) is 2.39. The molecule has 0 aromatic carbocycles. The monoisotopic (exact) mass is 266 g/mol. The quantitative estimate of drug-likeness (QED) is 0.852. The maximum Gasteiger partial charge on any atom is 0.0513 e. The minimum atomic E-state index is 0.164. The number of hydrogen-bond donors (Lipinski definition) is 1. The van der Waals surface area contributed by atoms with Gasteiger partial charge in [0.15, 0.2) is 0 Å². The molecule has 3 rings (SSSR count). The van der Waals surface area contributed by atoms with Crippen LogP contribution in [0.25, 0.3) is 0 Å². The van der Waals surface area contributed by atoms with E-state index in [1.165, 1.54) is 51.5 Å². The van der Waals surface area contributed by atoms with Crippen molar-refractivity contribution in [1.29, 1.82) is 0 Å². The van der Waals surface area contributed by atoms with Crippen molar-refractivity contribution in [3.8, 4) is 0 Å². The van der Waals surface area contributed by atoms with Crippen molar-refractivity contribution in [3.63, 3.8) is 0 Å². The topological polar surface area (TPSA) is 38.5 Å². The van der Waals surface area contributed by atoms with Gasteiger partial charge in [-0.25, -0.2) is 0 Å². The summed E-state index contributed by atoms with van der Waals surface area (Å²) in [5.74, 6) is 1.58. The lowest BCUT2D eigenvalue weighted by Crippen LogP contribution is -2.63. The first-order valence-electron chi connectivity index (χ1n) is 8.30. The lowest BCUT2D eigenvalue weighted by molar-refractivity contribution is -0.0466. The average molecular weight is 266 g/mol. The zero-order chi connectivity index (χ0) is 13.3. The summed E-state index contributed by atoms with van der Waals surface area (Å²) < 4.78 is 5.65. The van der Waals surface area contributed by atoms with Gasteiger partial charge in [-0.3, -0.25) is 4.90 Å². The molecule has 0 aromatic heterocycles. The van der Waals surface area contributed by atoms with Crippen LogP contribution in [0.1, 0.15) is 51.9 Å². The minimum Gasteiger partial charge on any atom is -0.381 e. The van der Waals surface area contributed by atoms with E-state index in [4.69, 9.17) is 10.5 Å². The van der Waals surface area contributed by atoms with Gasteiger partial charge in [0, 0.05) is 30.7 Å². The van der Waals surface area contributed by atoms with E-state index in [-0.39, 0.29) is 5.54 Å². The summed E-state index contributed by atoms with van der Waals surface area (Å²) in [6.45, 7) is 6.29. The Labute approximate surface area is 117 Å². The van der Waals surface area contributed by atoms with Crippen LogP contribution in [0.15, 0.2) is 0 Å². The van der Waals surface area contributed by atoms with Crippen LogP contribution in [0, 0.1) is 11.8 Å². The van der Waals surface area contributed by atoms with Gasteiger partial charge in [0.2, 0.25) is 0 Å². The molecule has 2 heterocycles. The van der Waals surface area contributed by atoms with Gasteiger partial charge in [0.1, 0.15) is 0 Å². The van der Waals surface area contributed by atoms with Crippen LogP contribution in [0.4, 0.5) is 0 Å². The normalized spacial score (nSPS) is 39.8. The standard InChI is InChI=1S/C16H30N2O/c1-16(12-17,14-8-10-19-11-14)18-9-4-6-13-5-2-3-7-15(13)18/h13-15H,2-12,17H2,1H3/t13-,14?,15-,16?/m1/s1. The first-order chi connectivity index (χ1) is 9.25. The molecule has 3 fully saturated rings. The highest BCUT2D eigenvalue weighted by molar-refractivity contribution is 5.01. The van der Waals surface area contributed by atoms with Gasteiger partial charge in [-0.15, -0.1) is 0 Å². The van der Waals surface area contributed by atoms with E-state index in [0.29, 0.717) is 5.92 Å². The van der Waals surface area contributed by atoms with Crippen LogP contribution >= 0.6 is 0 Å². The molecule has 0 bridgehead atoms. The summed E-state index contributed by atoms with van der Waals surface area (Å²) in [6, 6.07) is 0.802. The molecule has 2 N–H and O–H groups in total. The van der Waals surface area contributed by atoms with Gasteiger partial charge in [-0.05, 0) is 51.5 Å². The van der Waals surface area contributed by atoms with Crippen LogP contribution < -0.4 is 5.73 Å². The fourth-order valence-corrected chi connectivity index (χ4v) is 4.80. The zero-order valence-corrected chi connectivity index (χ0v) is 12.4. The molecule has 3 aliphatic rings. The van der Waals surface area contributed by atoms with Gasteiger partial charge in [0.25, 0.3) is 0 Å². The molecule has 2 aliphatic heterocycles. The summed E-state index contributed by atoms with van der Waals surface area (Å²) >= 11 is 0. The highest BCUT2D eigenvalue weighted by atomic mass is 16.5. The number of rotatable bonds is 3. The third kappa shape index (κ3) is 2.45. The molecule has 3 nitrogen and oxygen atoms in total. The largest absolute Gasteiger partial charge is 0.381 e. The molecule has 1 aliphatic carbocycles. The van der Waals surface area contributed by atoms with Gasteiger partial charge in [-0.1, -0.05) is 12.8 Å². The Bertz CT molecular complexity index is 301. The zero-order valence-electron chi connectivity index (χ0n) is 12.4. The van der Waals surface area contributed by atoms with Crippen molar-refractivity contribution in [2.75, 3.05) is 26.3 Å². The van der Waals surface area contributed by atoms with Crippen LogP contribution in [0.5, 0.6) is 0 Å². The second-order valence-electron chi connectivity index (χ2n) is 7.07. The van der Waals surface area contributed by atoms with E-state index in [2.05, 4.69) is 11.8 Å². The maximum atomic E-state index is 6.24. The number of piperidine rings is 1. The molecule has 2 unspecified atom stereocenters. The highest BCUT2D eigenvalue weighted by Crippen LogP contribution is 2.42. The van der Waals surface area contributed by atoms with Crippen molar-refractivity contribution >= 4 is 0 Å². The van der Waals surface area contributed by atoms with Crippen molar-refractivity contribution in [2.24, 2.45) is 17.6 Å². The third-order valence-electron chi connectivity index (χ3n) is 6.12. The first-order valence-corrected chi connectivity index (χ1v) is 8.30. The van der Waals surface area contributed by atoms with E-state index < -0.39 is 0 Å². The van der Waals surface area contributed by atoms with Crippen LogP contribution in [0.2, 0.25) is 0 Å². The number of likely N-dealkylation sites (tertiary alicyclic amines) is 1. The molecular formula is C16H30N2O. The SMILES string of the molecule is CC(CN)(C1CCOC1)N1CCC[C@H]2CCCC[C@H]21. The van der Waals surface area contributed by atoms with E-state index >= 15 is 0 Å². The van der Waals surface area contributed by atoms with E-state index in [1.54, 1.807) is 0 Å². The maximum absolute atomic E-state index is 6.24. The lowest BCUT2D eigenvalue weighted by atomic mass is 9.73. The summed E-state index contributed by atoms with van der Waals surface area (Å²) in [6.07, 6.45) is 9.71. The molecule has 110 valence electrons. The molecule has 0 amide bonds. The Hall–Kier alpha value is -0.120. The molecular weight excluding hydrogens is 236 g/mol. The number of nitrogens with two attached hydrogens (primary N) is 1. The van der Waals surface area contributed by atoms with E-state index in [1.807, 2.05) is 0 Å². The predicted molar refractivity (Wildman–Crippen MR) is 78.1 cm³/mol. The average Bonchev–Trinajstić information content (AvgIpc) is 3.00. The summed E-state index contributed by atoms with van der Waals surface area (Å²) in [7, 11) is 0. The van der Waals surface area contributed by atoms with Crippen molar-refractivity contribution in [1.82, 2.24) is 4.90 Å². The van der Waals surface area contributed by atoms with Gasteiger partial charge in [0.05, 0.1) is 6.61 Å². The fraction of sp³-hybridized carbons (Fsp3) is 1.00. The van der Waals surface area contributed by atoms with Crippen LogP contribution in [0.3, 0.4) is 0 Å². The summed E-state index contributed by atoms with van der Waals surface area (Å²) in [4.78, 5) is 2.81. The number of hydrogen-bond acceptors (Lipinski definition) is 3. The molecule has 0 spiro atoms. The fourth-order valence-electron chi connectivity index (χ4n) is 4.80. The van der Waals surface area contributed by atoms with Gasteiger partial charge < -0.3 is 10.5 Å². The molecule has 3 heteroatoms. The van der Waals surface area contributed by atoms with Crippen LogP contribution in [-0.2, 0) is 4.74 Å². The molecule has 19 heavy (non-hydrogen) atoms. The molecule has 4 atom stereocenters. The second kappa shape index (κ2) is 5.71. The van der Waals surface area contributed by atoms with Crippen molar-refractivity contribution < 1.29 is 4.74 Å². The number of nitrogens with zero attached hydrogens (tertiary/aromatic N) is 1. The van der Waals surface area contributed by atoms with Gasteiger partial charge in [-0.2, -0.15) is 0 Å². The molecule has 0 radical (unpaired) electrons. The summed E-state index contributed by atoms with van der Waals surface area (Å²) in [5, 5.41) is 0. The minimum absolute atomic E-state index is 0.164. The number of fused-ring (bicyclic) bond motifs is 1. The lowest BCUT2D eigenvalue weighted by Gasteiger charge is -2.54. The summed E-state index contributed by atoms with van der Waals surface area (Å²) in [5.41, 5.74) is 6.41. The smallest absolute Gasteiger partial charge is 0.0513 e. The second-order valence-corrected chi connectivity index (χ2v) is 7.07. The first kappa shape index (κ1) is 13.8. The van der Waals surface area contributed by atoms with Crippen molar-refractivity contribution in [2.45, 2.75) is 63.5 Å². The Morgan fingerprint density at radius 2 is 1.95 bits per heavy atom. The van der Waals surface area contributed by atoms with Gasteiger partial charge >= 0.3 is 0 Å². The highest BCUT2D eigenvalue weighted by Gasteiger charge is 2.46. The Balaban J connectivity index is 1.80. The number of ether oxygens (including phenoxy) is 1. The third-order valence-corrected chi connectivity index (χ3v) is 6.12. The van der Waals surface area contributed by atoms with E-state index in [0.717, 1.165) is 31.7 Å².